The van der Waals surface area contributed by atoms with Gasteiger partial charge in [0.25, 0.3) is 0 Å². The lowest BCUT2D eigenvalue weighted by Crippen LogP contribution is -2.40. The SMILES string of the molecule is CCN(CC)C(=O)NCCCCCCNC(=O)N(CC)CC. The summed E-state index contributed by atoms with van der Waals surface area (Å²) in [5.41, 5.74) is 0. The van der Waals surface area contributed by atoms with E-state index in [4.69, 9.17) is 0 Å². The van der Waals surface area contributed by atoms with Crippen LogP contribution in [0.1, 0.15) is 53.4 Å². The van der Waals surface area contributed by atoms with Crippen LogP contribution in [0.25, 0.3) is 0 Å². The number of nitrogens with one attached hydrogen (secondary N) is 2. The Bertz CT molecular complexity index is 273. The Morgan fingerprint density at radius 3 is 1.23 bits per heavy atom. The molecule has 0 spiro atoms. The molecular weight excluding hydrogens is 280 g/mol. The third-order valence-corrected chi connectivity index (χ3v) is 3.76. The van der Waals surface area contributed by atoms with E-state index in [1.54, 1.807) is 9.80 Å². The molecule has 0 aliphatic heterocycles. The van der Waals surface area contributed by atoms with Gasteiger partial charge in [0, 0.05) is 39.3 Å². The fourth-order valence-electron chi connectivity index (χ4n) is 2.24. The zero-order valence-electron chi connectivity index (χ0n) is 14.8. The fraction of sp³-hybridized carbons (Fsp3) is 0.875. The van der Waals surface area contributed by atoms with Gasteiger partial charge in [0.15, 0.2) is 0 Å². The van der Waals surface area contributed by atoms with Crippen molar-refractivity contribution < 1.29 is 9.59 Å². The molecule has 6 nitrogen and oxygen atoms in total. The standard InChI is InChI=1S/C16H34N4O2/c1-5-19(6-2)15(21)17-13-11-9-10-12-14-18-16(22)20(7-3)8-4/h5-14H2,1-4H3,(H,17,21)(H,18,22). The Labute approximate surface area is 135 Å². The van der Waals surface area contributed by atoms with E-state index < -0.39 is 0 Å². The fourth-order valence-corrected chi connectivity index (χ4v) is 2.24. The Morgan fingerprint density at radius 1 is 0.636 bits per heavy atom. The van der Waals surface area contributed by atoms with E-state index in [9.17, 15) is 9.59 Å². The lowest BCUT2D eigenvalue weighted by Gasteiger charge is -2.19. The molecule has 4 amide bonds. The van der Waals surface area contributed by atoms with E-state index in [-0.39, 0.29) is 12.1 Å². The van der Waals surface area contributed by atoms with Gasteiger partial charge in [-0.05, 0) is 40.5 Å². The van der Waals surface area contributed by atoms with Gasteiger partial charge in [-0.1, -0.05) is 12.8 Å². The smallest absolute Gasteiger partial charge is 0.317 e. The number of unbranched alkanes of at least 4 members (excludes halogenated alkanes) is 3. The molecule has 0 aliphatic carbocycles. The molecule has 0 radical (unpaired) electrons. The first-order valence-electron chi connectivity index (χ1n) is 8.66. The van der Waals surface area contributed by atoms with Crippen molar-refractivity contribution in [1.82, 2.24) is 20.4 Å². The maximum Gasteiger partial charge on any atom is 0.317 e. The highest BCUT2D eigenvalue weighted by Crippen LogP contribution is 1.99. The largest absolute Gasteiger partial charge is 0.338 e. The first-order chi connectivity index (χ1) is 10.6. The van der Waals surface area contributed by atoms with Crippen LogP contribution in [0.2, 0.25) is 0 Å². The Balaban J connectivity index is 3.51. The van der Waals surface area contributed by atoms with Crippen molar-refractivity contribution in [2.75, 3.05) is 39.3 Å². The number of nitrogens with zero attached hydrogens (tertiary/aromatic N) is 2. The number of amides is 4. The summed E-state index contributed by atoms with van der Waals surface area (Å²) < 4.78 is 0. The summed E-state index contributed by atoms with van der Waals surface area (Å²) in [6, 6.07) is 0.0490. The molecule has 0 aromatic carbocycles. The number of carbonyl (C=O) groups is 2. The predicted octanol–water partition coefficient (Wildman–Crippen LogP) is 2.65. The topological polar surface area (TPSA) is 64.7 Å². The minimum Gasteiger partial charge on any atom is -0.338 e. The second-order valence-corrected chi connectivity index (χ2v) is 5.22. The van der Waals surface area contributed by atoms with Gasteiger partial charge in [-0.2, -0.15) is 0 Å². The molecule has 0 bridgehead atoms. The van der Waals surface area contributed by atoms with E-state index in [0.717, 1.165) is 65.0 Å². The van der Waals surface area contributed by atoms with Gasteiger partial charge in [0.2, 0.25) is 0 Å². The maximum absolute atomic E-state index is 11.7. The summed E-state index contributed by atoms with van der Waals surface area (Å²) in [4.78, 5) is 27.0. The van der Waals surface area contributed by atoms with Crippen LogP contribution in [0.3, 0.4) is 0 Å². The molecule has 0 fully saturated rings. The van der Waals surface area contributed by atoms with Crippen LogP contribution in [0.5, 0.6) is 0 Å². The van der Waals surface area contributed by atoms with Gasteiger partial charge in [-0.25, -0.2) is 9.59 Å². The normalized spacial score (nSPS) is 10.2. The number of hydrogen-bond donors (Lipinski definition) is 2. The van der Waals surface area contributed by atoms with Crippen molar-refractivity contribution in [3.63, 3.8) is 0 Å². The summed E-state index contributed by atoms with van der Waals surface area (Å²) in [5, 5.41) is 5.87. The Morgan fingerprint density at radius 2 is 0.955 bits per heavy atom. The zero-order valence-corrected chi connectivity index (χ0v) is 14.8. The van der Waals surface area contributed by atoms with E-state index >= 15 is 0 Å². The first-order valence-corrected chi connectivity index (χ1v) is 8.66. The van der Waals surface area contributed by atoms with Crippen molar-refractivity contribution in [1.29, 1.82) is 0 Å². The van der Waals surface area contributed by atoms with Crippen molar-refractivity contribution in [3.8, 4) is 0 Å². The molecule has 0 aliphatic rings. The molecule has 6 heteroatoms. The first kappa shape index (κ1) is 20.5. The summed E-state index contributed by atoms with van der Waals surface area (Å²) in [5.74, 6) is 0. The summed E-state index contributed by atoms with van der Waals surface area (Å²) >= 11 is 0. The molecule has 0 aromatic heterocycles. The molecule has 0 saturated carbocycles. The summed E-state index contributed by atoms with van der Waals surface area (Å²) in [6.45, 7) is 12.4. The lowest BCUT2D eigenvalue weighted by molar-refractivity contribution is 0.202. The quantitative estimate of drug-likeness (QED) is 0.576. The van der Waals surface area contributed by atoms with E-state index in [2.05, 4.69) is 10.6 Å². The Hall–Kier alpha value is -1.46. The Kier molecular flexibility index (Phi) is 12.3. The molecule has 22 heavy (non-hydrogen) atoms. The number of urea groups is 2. The second kappa shape index (κ2) is 13.2. The molecule has 130 valence electrons. The predicted molar refractivity (Wildman–Crippen MR) is 91.1 cm³/mol. The van der Waals surface area contributed by atoms with Gasteiger partial charge in [0.1, 0.15) is 0 Å². The molecule has 0 aromatic rings. The molecule has 0 unspecified atom stereocenters. The highest BCUT2D eigenvalue weighted by Gasteiger charge is 2.08. The highest BCUT2D eigenvalue weighted by molar-refractivity contribution is 5.74. The van der Waals surface area contributed by atoms with E-state index in [0.29, 0.717) is 0 Å². The minimum absolute atomic E-state index is 0.0245. The maximum atomic E-state index is 11.7. The highest BCUT2D eigenvalue weighted by atomic mass is 16.2. The van der Waals surface area contributed by atoms with Gasteiger partial charge < -0.3 is 20.4 Å². The third kappa shape index (κ3) is 8.74. The number of rotatable bonds is 11. The molecule has 0 atom stereocenters. The van der Waals surface area contributed by atoms with Crippen LogP contribution in [0.15, 0.2) is 0 Å². The van der Waals surface area contributed by atoms with Crippen LogP contribution in [0, 0.1) is 0 Å². The van der Waals surface area contributed by atoms with Crippen LogP contribution >= 0.6 is 0 Å². The third-order valence-electron chi connectivity index (χ3n) is 3.76. The molecular formula is C16H34N4O2. The lowest BCUT2D eigenvalue weighted by atomic mass is 10.2. The van der Waals surface area contributed by atoms with Crippen LogP contribution in [-0.2, 0) is 0 Å². The second-order valence-electron chi connectivity index (χ2n) is 5.22. The molecule has 0 saturated heterocycles. The van der Waals surface area contributed by atoms with Crippen molar-refractivity contribution in [3.05, 3.63) is 0 Å². The number of hydrogen-bond acceptors (Lipinski definition) is 2. The molecule has 0 rings (SSSR count). The van der Waals surface area contributed by atoms with Crippen molar-refractivity contribution in [2.45, 2.75) is 53.4 Å². The minimum atomic E-state index is 0.0245. The van der Waals surface area contributed by atoms with Crippen molar-refractivity contribution in [2.24, 2.45) is 0 Å². The number of carbonyl (C=O) groups excluding carboxylic acids is 2. The molecule has 2 N–H and O–H groups in total. The monoisotopic (exact) mass is 314 g/mol. The summed E-state index contributed by atoms with van der Waals surface area (Å²) in [7, 11) is 0. The average Bonchev–Trinajstić information content (AvgIpc) is 2.52. The van der Waals surface area contributed by atoms with Gasteiger partial charge >= 0.3 is 12.1 Å². The zero-order chi connectivity index (χ0) is 16.8. The average molecular weight is 314 g/mol. The molecule has 0 heterocycles. The van der Waals surface area contributed by atoms with Gasteiger partial charge in [-0.15, -0.1) is 0 Å². The van der Waals surface area contributed by atoms with Crippen LogP contribution in [0.4, 0.5) is 9.59 Å². The van der Waals surface area contributed by atoms with Gasteiger partial charge in [-0.3, -0.25) is 0 Å². The van der Waals surface area contributed by atoms with Gasteiger partial charge in [0.05, 0.1) is 0 Å². The van der Waals surface area contributed by atoms with E-state index in [1.165, 1.54) is 0 Å². The van der Waals surface area contributed by atoms with Crippen LogP contribution in [-0.4, -0.2) is 61.1 Å². The van der Waals surface area contributed by atoms with E-state index in [1.807, 2.05) is 27.7 Å². The summed E-state index contributed by atoms with van der Waals surface area (Å²) in [6.07, 6.45) is 4.10. The van der Waals surface area contributed by atoms with Crippen LogP contribution < -0.4 is 10.6 Å². The van der Waals surface area contributed by atoms with Crippen molar-refractivity contribution >= 4 is 12.1 Å².